The highest BCUT2D eigenvalue weighted by atomic mass is 32.1. The van der Waals surface area contributed by atoms with Crippen LogP contribution in [0.1, 0.15) is 30.7 Å². The molecule has 5 heterocycles. The normalized spacial score (nSPS) is 19.4. The Labute approximate surface area is 253 Å². The van der Waals surface area contributed by atoms with E-state index in [1.807, 2.05) is 0 Å². The molecule has 14 heteroatoms. The molecule has 226 valence electrons. The molecule has 6 rings (SSSR count). The van der Waals surface area contributed by atoms with Gasteiger partial charge in [0.25, 0.3) is 12.3 Å². The van der Waals surface area contributed by atoms with E-state index in [9.17, 15) is 32.7 Å². The van der Waals surface area contributed by atoms with Gasteiger partial charge in [-0.1, -0.05) is 18.2 Å². The molecule has 0 spiro atoms. The number of nitrogens with zero attached hydrogens (tertiary/aromatic N) is 6. The molecule has 44 heavy (non-hydrogen) atoms. The topological polar surface area (TPSA) is 115 Å². The van der Waals surface area contributed by atoms with E-state index in [-0.39, 0.29) is 43.3 Å². The molecule has 0 amide bonds. The van der Waals surface area contributed by atoms with Crippen molar-refractivity contribution in [1.82, 2.24) is 15.0 Å². The van der Waals surface area contributed by atoms with Gasteiger partial charge < -0.3 is 19.6 Å². The molecule has 3 aromatic heterocycles. The zero-order chi connectivity index (χ0) is 31.0. The minimum Gasteiger partial charge on any atom is -0.480 e. The molecule has 0 bridgehead atoms. The molecule has 2 fully saturated rings. The van der Waals surface area contributed by atoms with Crippen LogP contribution in [0.3, 0.4) is 0 Å². The van der Waals surface area contributed by atoms with Crippen LogP contribution in [0.2, 0.25) is 0 Å². The number of carbonyl (C=O) groups is 1. The first-order valence-electron chi connectivity index (χ1n) is 13.6. The molecule has 0 saturated carbocycles. The molecular weight excluding hydrogens is 600 g/mol. The molecule has 2 aliphatic heterocycles. The maximum atomic E-state index is 14.3. The van der Waals surface area contributed by atoms with Crippen molar-refractivity contribution >= 4 is 28.8 Å². The van der Waals surface area contributed by atoms with E-state index in [4.69, 9.17) is 4.74 Å². The third-order valence-corrected chi connectivity index (χ3v) is 8.38. The average molecular weight is 625 g/mol. The van der Waals surface area contributed by atoms with Gasteiger partial charge in [0.2, 0.25) is 5.88 Å². The van der Waals surface area contributed by atoms with E-state index in [0.717, 1.165) is 0 Å². The van der Waals surface area contributed by atoms with Crippen LogP contribution >= 0.6 is 11.3 Å². The quantitative estimate of drug-likeness (QED) is 0.235. The number of aromatic nitrogens is 3. The number of rotatable bonds is 8. The molecule has 4 aromatic rings. The second-order valence-electron chi connectivity index (χ2n) is 10.5. The van der Waals surface area contributed by atoms with Gasteiger partial charge in [0.15, 0.2) is 5.82 Å². The second kappa shape index (κ2) is 11.7. The van der Waals surface area contributed by atoms with Crippen molar-refractivity contribution in [2.75, 3.05) is 29.4 Å². The summed E-state index contributed by atoms with van der Waals surface area (Å²) in [4.78, 5) is 28.1. The van der Waals surface area contributed by atoms with Crippen LogP contribution in [0.25, 0.3) is 21.7 Å². The Morgan fingerprint density at radius 2 is 2.00 bits per heavy atom. The van der Waals surface area contributed by atoms with Gasteiger partial charge in [0.05, 0.1) is 35.3 Å². The van der Waals surface area contributed by atoms with Crippen molar-refractivity contribution < 1.29 is 32.2 Å². The van der Waals surface area contributed by atoms with Crippen LogP contribution in [-0.4, -0.2) is 63.7 Å². The fourth-order valence-corrected chi connectivity index (χ4v) is 6.09. The number of benzene rings is 1. The molecule has 1 aromatic carbocycles. The maximum absolute atomic E-state index is 14.3. The number of halogens is 4. The van der Waals surface area contributed by atoms with Gasteiger partial charge in [-0.3, -0.25) is 0 Å². The summed E-state index contributed by atoms with van der Waals surface area (Å²) in [6.07, 6.45) is -2.66. The summed E-state index contributed by atoms with van der Waals surface area (Å²) in [6.45, 7) is -0.544. The number of hydrogen-bond acceptors (Lipinski definition) is 9. The zero-order valence-corrected chi connectivity index (χ0v) is 23.7. The van der Waals surface area contributed by atoms with Crippen LogP contribution in [-0.2, 0) is 4.79 Å². The van der Waals surface area contributed by atoms with Crippen molar-refractivity contribution in [2.24, 2.45) is 0 Å². The number of thiophene rings is 1. The van der Waals surface area contributed by atoms with Gasteiger partial charge >= 0.3 is 5.97 Å². The van der Waals surface area contributed by atoms with Gasteiger partial charge in [-0.15, -0.1) is 11.3 Å². The number of ether oxygens (including phenoxy) is 1. The summed E-state index contributed by atoms with van der Waals surface area (Å²) in [7, 11) is 0. The lowest BCUT2D eigenvalue weighted by atomic mass is 10.0. The second-order valence-corrected chi connectivity index (χ2v) is 11.4. The molecule has 0 aliphatic carbocycles. The van der Waals surface area contributed by atoms with Crippen molar-refractivity contribution in [1.29, 1.82) is 5.26 Å². The predicted octanol–water partition coefficient (Wildman–Crippen LogP) is 6.03. The van der Waals surface area contributed by atoms with E-state index in [1.165, 1.54) is 33.4 Å². The number of anilines is 2. The average Bonchev–Trinajstić information content (AvgIpc) is 3.77. The number of aliphatic carboxylic acids is 1. The van der Waals surface area contributed by atoms with Crippen LogP contribution in [0.4, 0.5) is 29.1 Å². The number of alkyl halides is 4. The fraction of sp³-hybridized carbons (Fsp3) is 0.300. The Bertz CT molecular complexity index is 1730. The molecule has 1 N–H and O–H groups in total. The van der Waals surface area contributed by atoms with Crippen molar-refractivity contribution in [3.8, 4) is 33.6 Å². The molecule has 9 nitrogen and oxygen atoms in total. The SMILES string of the molecule is N#Cc1cccc(-c2cnc(O[C@H]3C[C@@H](C(=O)O)N(c4cc(-c5cccs5)nc(C(F)F)n4)C3)c(N3CCC(F)(F)C3)c2)c1. The Kier molecular flexibility index (Phi) is 7.81. The largest absolute Gasteiger partial charge is 0.480 e. The Morgan fingerprint density at radius 1 is 1.16 bits per heavy atom. The summed E-state index contributed by atoms with van der Waals surface area (Å²) in [5.74, 6) is -4.80. The maximum Gasteiger partial charge on any atom is 0.326 e. The van der Waals surface area contributed by atoms with E-state index in [1.54, 1.807) is 47.8 Å². The smallest absolute Gasteiger partial charge is 0.326 e. The lowest BCUT2D eigenvalue weighted by molar-refractivity contribution is -0.138. The minimum atomic E-state index is -2.98. The highest BCUT2D eigenvalue weighted by molar-refractivity contribution is 7.13. The van der Waals surface area contributed by atoms with Crippen LogP contribution in [0.5, 0.6) is 5.88 Å². The monoisotopic (exact) mass is 624 g/mol. The highest BCUT2D eigenvalue weighted by Crippen LogP contribution is 2.39. The predicted molar refractivity (Wildman–Crippen MR) is 154 cm³/mol. The third kappa shape index (κ3) is 6.00. The molecule has 0 unspecified atom stereocenters. The lowest BCUT2D eigenvalue weighted by Crippen LogP contribution is -2.37. The lowest BCUT2D eigenvalue weighted by Gasteiger charge is -2.24. The first-order chi connectivity index (χ1) is 21.1. The fourth-order valence-electron chi connectivity index (χ4n) is 5.40. The molecule has 0 radical (unpaired) electrons. The van der Waals surface area contributed by atoms with E-state index < -0.39 is 42.8 Å². The van der Waals surface area contributed by atoms with Crippen molar-refractivity contribution in [3.63, 3.8) is 0 Å². The van der Waals surface area contributed by atoms with Gasteiger partial charge in [0.1, 0.15) is 23.7 Å². The summed E-state index contributed by atoms with van der Waals surface area (Å²) < 4.78 is 62.2. The van der Waals surface area contributed by atoms with E-state index in [0.29, 0.717) is 27.3 Å². The summed E-state index contributed by atoms with van der Waals surface area (Å²) >= 11 is 1.30. The first-order valence-corrected chi connectivity index (χ1v) is 14.5. The third-order valence-electron chi connectivity index (χ3n) is 7.49. The number of carboxylic acids is 1. The summed E-state index contributed by atoms with van der Waals surface area (Å²) in [6, 6.07) is 14.3. The van der Waals surface area contributed by atoms with Crippen molar-refractivity contribution in [3.05, 3.63) is 71.5 Å². The van der Waals surface area contributed by atoms with Gasteiger partial charge in [0, 0.05) is 37.2 Å². The van der Waals surface area contributed by atoms with E-state index >= 15 is 0 Å². The van der Waals surface area contributed by atoms with Crippen LogP contribution in [0, 0.1) is 11.3 Å². The number of pyridine rings is 1. The number of carboxylic acid groups (broad SMARTS) is 1. The van der Waals surface area contributed by atoms with E-state index in [2.05, 4.69) is 21.0 Å². The first kappa shape index (κ1) is 29.3. The molecule has 2 saturated heterocycles. The molecular formula is C30H24F4N6O3S. The van der Waals surface area contributed by atoms with Gasteiger partial charge in [-0.25, -0.2) is 37.3 Å². The number of nitriles is 1. The summed E-state index contributed by atoms with van der Waals surface area (Å²) in [5.41, 5.74) is 2.20. The molecule has 2 aliphatic rings. The standard InChI is InChI=1S/C30H24F4N6O3S/c31-26(32)27-37-21(24-5-2-8-44-24)12-25(38-27)40-15-20(11-23(40)29(41)42)43-28-22(39-7-6-30(33,34)16-39)10-19(14-36-28)18-4-1-3-17(9-18)13-35/h1-5,8-10,12,14,20,23,26H,6-7,11,15-16H2,(H,41,42)/t20-,23-/m0/s1. The number of hydrogen-bond donors (Lipinski definition) is 1. The zero-order valence-electron chi connectivity index (χ0n) is 22.9. The van der Waals surface area contributed by atoms with Crippen LogP contribution in [0.15, 0.2) is 60.1 Å². The van der Waals surface area contributed by atoms with Gasteiger partial charge in [-0.05, 0) is 35.2 Å². The minimum absolute atomic E-state index is 0.0114. The van der Waals surface area contributed by atoms with Crippen molar-refractivity contribution in [2.45, 2.75) is 37.3 Å². The highest BCUT2D eigenvalue weighted by Gasteiger charge is 2.42. The Hall–Kier alpha value is -4.77. The summed E-state index contributed by atoms with van der Waals surface area (Å²) in [5, 5.41) is 21.1. The Balaban J connectivity index is 1.33. The van der Waals surface area contributed by atoms with Crippen LogP contribution < -0.4 is 14.5 Å². The Morgan fingerprint density at radius 3 is 2.68 bits per heavy atom. The van der Waals surface area contributed by atoms with Gasteiger partial charge in [-0.2, -0.15) is 5.26 Å². The molecule has 2 atom stereocenters.